The first kappa shape index (κ1) is 19.3. The molecule has 1 aliphatic heterocycles. The van der Waals surface area contributed by atoms with Gasteiger partial charge in [-0.3, -0.25) is 4.79 Å². The second kappa shape index (κ2) is 8.23. The molecule has 0 atom stereocenters. The highest BCUT2D eigenvalue weighted by Gasteiger charge is 2.36. The van der Waals surface area contributed by atoms with Gasteiger partial charge in [-0.1, -0.05) is 23.4 Å². The van der Waals surface area contributed by atoms with E-state index in [0.717, 1.165) is 49.4 Å². The number of hydrogen-bond donors (Lipinski definition) is 0. The normalized spacial score (nSPS) is 16.6. The summed E-state index contributed by atoms with van der Waals surface area (Å²) < 4.78 is 1.84. The van der Waals surface area contributed by atoms with Gasteiger partial charge in [-0.05, 0) is 55.7 Å². The van der Waals surface area contributed by atoms with Crippen molar-refractivity contribution in [3.8, 4) is 11.8 Å². The molecule has 7 nitrogen and oxygen atoms in total. The molecule has 2 aromatic carbocycles. The lowest BCUT2D eigenvalue weighted by atomic mass is 10.2. The minimum Gasteiger partial charge on any atom is -0.370 e. The summed E-state index contributed by atoms with van der Waals surface area (Å²) in [5.41, 5.74) is 4.13. The standard InChI is InChI=1S/C24H24N6O/c25-17-18-7-11-20(12-8-18)28-13-4-14-29(16-15-28)24(31)22-23(19-9-10-19)30(27-26-22)21-5-2-1-3-6-21/h1-3,5-8,11-12,19H,4,9-10,13-16H2. The van der Waals surface area contributed by atoms with Crippen LogP contribution in [0.15, 0.2) is 54.6 Å². The van der Waals surface area contributed by atoms with Crippen molar-refractivity contribution in [3.63, 3.8) is 0 Å². The summed E-state index contributed by atoms with van der Waals surface area (Å²) in [5.74, 6) is 0.335. The first-order valence-electron chi connectivity index (χ1n) is 10.8. The molecule has 0 radical (unpaired) electrons. The van der Waals surface area contributed by atoms with Crippen molar-refractivity contribution in [2.24, 2.45) is 0 Å². The van der Waals surface area contributed by atoms with Crippen LogP contribution in [0, 0.1) is 11.3 Å². The number of aromatic nitrogens is 3. The number of carbonyl (C=O) groups is 1. The Bertz CT molecular complexity index is 1110. The van der Waals surface area contributed by atoms with Gasteiger partial charge in [0.25, 0.3) is 5.91 Å². The molecule has 7 heteroatoms. The number of carbonyl (C=O) groups excluding carboxylic acids is 1. The molecule has 1 saturated heterocycles. The minimum absolute atomic E-state index is 0.0224. The summed E-state index contributed by atoms with van der Waals surface area (Å²) in [5, 5.41) is 17.7. The van der Waals surface area contributed by atoms with Crippen LogP contribution in [0.3, 0.4) is 0 Å². The van der Waals surface area contributed by atoms with Crippen molar-refractivity contribution in [1.29, 1.82) is 5.26 Å². The lowest BCUT2D eigenvalue weighted by Crippen LogP contribution is -2.36. The second-order valence-electron chi connectivity index (χ2n) is 8.14. The van der Waals surface area contributed by atoms with Gasteiger partial charge in [0, 0.05) is 37.8 Å². The van der Waals surface area contributed by atoms with Crippen molar-refractivity contribution in [2.75, 3.05) is 31.1 Å². The van der Waals surface area contributed by atoms with Gasteiger partial charge in [0.05, 0.1) is 23.0 Å². The molecule has 0 spiro atoms. The van der Waals surface area contributed by atoms with E-state index in [4.69, 9.17) is 5.26 Å². The molecule has 3 aromatic rings. The summed E-state index contributed by atoms with van der Waals surface area (Å²) in [6.07, 6.45) is 3.04. The van der Waals surface area contributed by atoms with E-state index in [0.29, 0.717) is 30.3 Å². The highest BCUT2D eigenvalue weighted by Crippen LogP contribution is 2.42. The molecule has 156 valence electrons. The Morgan fingerprint density at radius 3 is 2.42 bits per heavy atom. The van der Waals surface area contributed by atoms with Gasteiger partial charge in [0.15, 0.2) is 5.69 Å². The quantitative estimate of drug-likeness (QED) is 0.657. The van der Waals surface area contributed by atoms with Gasteiger partial charge in [0.1, 0.15) is 0 Å². The zero-order valence-corrected chi connectivity index (χ0v) is 17.3. The molecule has 2 fully saturated rings. The van der Waals surface area contributed by atoms with Gasteiger partial charge in [0.2, 0.25) is 0 Å². The van der Waals surface area contributed by atoms with Gasteiger partial charge < -0.3 is 9.80 Å². The Hall–Kier alpha value is -3.66. The molecule has 5 rings (SSSR count). The molecule has 0 bridgehead atoms. The van der Waals surface area contributed by atoms with Crippen LogP contribution in [-0.4, -0.2) is 52.0 Å². The highest BCUT2D eigenvalue weighted by molar-refractivity contribution is 5.93. The van der Waals surface area contributed by atoms with Crippen molar-refractivity contribution >= 4 is 11.6 Å². The molecular weight excluding hydrogens is 388 g/mol. The molecule has 2 heterocycles. The van der Waals surface area contributed by atoms with Crippen LogP contribution in [0.1, 0.15) is 46.9 Å². The van der Waals surface area contributed by atoms with Gasteiger partial charge in [-0.25, -0.2) is 4.68 Å². The van der Waals surface area contributed by atoms with Crippen molar-refractivity contribution in [1.82, 2.24) is 19.9 Å². The summed E-state index contributed by atoms with van der Waals surface area (Å²) in [4.78, 5) is 17.6. The Labute approximate surface area is 181 Å². The fraction of sp³-hybridized carbons (Fsp3) is 0.333. The van der Waals surface area contributed by atoms with Crippen LogP contribution in [0.2, 0.25) is 0 Å². The molecule has 2 aliphatic rings. The molecule has 1 aromatic heterocycles. The van der Waals surface area contributed by atoms with Crippen LogP contribution in [0.5, 0.6) is 0 Å². The topological polar surface area (TPSA) is 78.1 Å². The third kappa shape index (κ3) is 3.89. The van der Waals surface area contributed by atoms with E-state index in [2.05, 4.69) is 21.3 Å². The van der Waals surface area contributed by atoms with E-state index in [1.807, 2.05) is 64.2 Å². The second-order valence-corrected chi connectivity index (χ2v) is 8.14. The summed E-state index contributed by atoms with van der Waals surface area (Å²) in [6, 6.07) is 19.7. The van der Waals surface area contributed by atoms with Crippen LogP contribution in [0.25, 0.3) is 5.69 Å². The number of hydrogen-bond acceptors (Lipinski definition) is 5. The van der Waals surface area contributed by atoms with Crippen LogP contribution < -0.4 is 4.90 Å². The molecular formula is C24H24N6O. The Morgan fingerprint density at radius 2 is 1.71 bits per heavy atom. The Balaban J connectivity index is 1.35. The van der Waals surface area contributed by atoms with E-state index in [1.165, 1.54) is 0 Å². The molecule has 0 N–H and O–H groups in total. The third-order valence-corrected chi connectivity index (χ3v) is 6.02. The van der Waals surface area contributed by atoms with Crippen molar-refractivity contribution in [3.05, 3.63) is 71.5 Å². The summed E-state index contributed by atoms with van der Waals surface area (Å²) >= 11 is 0. The maximum absolute atomic E-state index is 13.4. The average molecular weight is 412 g/mol. The maximum Gasteiger partial charge on any atom is 0.276 e. The zero-order chi connectivity index (χ0) is 21.2. The molecule has 1 saturated carbocycles. The number of nitrogens with zero attached hydrogens (tertiary/aromatic N) is 6. The molecule has 1 aliphatic carbocycles. The fourth-order valence-corrected chi connectivity index (χ4v) is 4.20. The molecule has 1 amide bonds. The maximum atomic E-state index is 13.4. The van der Waals surface area contributed by atoms with E-state index in [1.54, 1.807) is 0 Å². The minimum atomic E-state index is -0.0224. The van der Waals surface area contributed by atoms with Gasteiger partial charge >= 0.3 is 0 Å². The predicted octanol–water partition coefficient (Wildman–Crippen LogP) is 3.37. The predicted molar refractivity (Wildman–Crippen MR) is 117 cm³/mol. The fourth-order valence-electron chi connectivity index (χ4n) is 4.20. The van der Waals surface area contributed by atoms with Crippen molar-refractivity contribution in [2.45, 2.75) is 25.2 Å². The average Bonchev–Trinajstić information content (AvgIpc) is 3.61. The van der Waals surface area contributed by atoms with E-state index in [-0.39, 0.29) is 5.91 Å². The van der Waals surface area contributed by atoms with Gasteiger partial charge in [-0.2, -0.15) is 5.26 Å². The SMILES string of the molecule is N#Cc1ccc(N2CCCN(C(=O)c3nnn(-c4ccccc4)c3C3CC3)CC2)cc1. The van der Waals surface area contributed by atoms with Crippen LogP contribution in [0.4, 0.5) is 5.69 Å². The number of anilines is 1. The smallest absolute Gasteiger partial charge is 0.276 e. The number of rotatable bonds is 4. The number of amides is 1. The largest absolute Gasteiger partial charge is 0.370 e. The van der Waals surface area contributed by atoms with Crippen molar-refractivity contribution < 1.29 is 4.79 Å². The first-order valence-corrected chi connectivity index (χ1v) is 10.8. The molecule has 0 unspecified atom stereocenters. The lowest BCUT2D eigenvalue weighted by Gasteiger charge is -2.23. The molecule has 31 heavy (non-hydrogen) atoms. The number of nitriles is 1. The van der Waals surface area contributed by atoms with Crippen LogP contribution >= 0.6 is 0 Å². The van der Waals surface area contributed by atoms with E-state index < -0.39 is 0 Å². The Morgan fingerprint density at radius 1 is 0.935 bits per heavy atom. The number of para-hydroxylation sites is 1. The van der Waals surface area contributed by atoms with Gasteiger partial charge in [-0.15, -0.1) is 5.10 Å². The first-order chi connectivity index (χ1) is 15.2. The summed E-state index contributed by atoms with van der Waals surface area (Å²) in [6.45, 7) is 2.97. The highest BCUT2D eigenvalue weighted by atomic mass is 16.2. The van der Waals surface area contributed by atoms with E-state index in [9.17, 15) is 4.79 Å². The number of benzene rings is 2. The lowest BCUT2D eigenvalue weighted by molar-refractivity contribution is 0.0760. The van der Waals surface area contributed by atoms with Crippen LogP contribution in [-0.2, 0) is 0 Å². The Kier molecular flexibility index (Phi) is 5.13. The van der Waals surface area contributed by atoms with E-state index >= 15 is 0 Å². The third-order valence-electron chi connectivity index (χ3n) is 6.02. The monoisotopic (exact) mass is 412 g/mol. The zero-order valence-electron chi connectivity index (χ0n) is 17.3. The summed E-state index contributed by atoms with van der Waals surface area (Å²) in [7, 11) is 0.